The van der Waals surface area contributed by atoms with Gasteiger partial charge in [0, 0.05) is 33.8 Å². The van der Waals surface area contributed by atoms with Gasteiger partial charge in [0.2, 0.25) is 17.7 Å². The molecular formula is C24H21Cl2N3O5. The lowest BCUT2D eigenvalue weighted by atomic mass is 9.76. The number of carbonyl (C=O) groups is 4. The quantitative estimate of drug-likeness (QED) is 0.542. The Morgan fingerprint density at radius 2 is 1.88 bits per heavy atom. The highest BCUT2D eigenvalue weighted by atomic mass is 35.5. The van der Waals surface area contributed by atoms with Crippen LogP contribution in [0.3, 0.4) is 0 Å². The number of aryl methyl sites for hydroxylation is 1. The first-order valence-electron chi connectivity index (χ1n) is 10.9. The number of anilines is 1. The van der Waals surface area contributed by atoms with Gasteiger partial charge in [0.1, 0.15) is 5.54 Å². The molecule has 2 aromatic carbocycles. The van der Waals surface area contributed by atoms with E-state index in [4.69, 9.17) is 23.2 Å². The third-order valence-corrected chi connectivity index (χ3v) is 7.62. The molecule has 3 heterocycles. The summed E-state index contributed by atoms with van der Waals surface area (Å²) in [5.41, 5.74) is 0.844. The Morgan fingerprint density at radius 1 is 1.15 bits per heavy atom. The van der Waals surface area contributed by atoms with Crippen molar-refractivity contribution in [3.8, 4) is 0 Å². The van der Waals surface area contributed by atoms with Gasteiger partial charge in [-0.15, -0.1) is 0 Å². The zero-order valence-electron chi connectivity index (χ0n) is 18.1. The summed E-state index contributed by atoms with van der Waals surface area (Å²) in [5.74, 6) is -4.37. The molecule has 3 N–H and O–H groups in total. The number of rotatable bonds is 5. The number of fused-ring (bicyclic) bond motifs is 4. The number of aliphatic carboxylic acids is 1. The van der Waals surface area contributed by atoms with Crippen LogP contribution in [-0.4, -0.2) is 39.7 Å². The van der Waals surface area contributed by atoms with E-state index < -0.39 is 47.1 Å². The second kappa shape index (κ2) is 8.08. The molecule has 34 heavy (non-hydrogen) atoms. The number of carboxylic acids is 1. The summed E-state index contributed by atoms with van der Waals surface area (Å²) in [6.07, 6.45) is -0.134. The topological polar surface area (TPSA) is 116 Å². The number of benzene rings is 2. The third kappa shape index (κ3) is 3.24. The molecule has 2 fully saturated rings. The molecule has 0 saturated carbocycles. The molecule has 8 nitrogen and oxygen atoms in total. The lowest BCUT2D eigenvalue weighted by molar-refractivity contribution is -0.144. The van der Waals surface area contributed by atoms with Gasteiger partial charge in [-0.1, -0.05) is 41.4 Å². The van der Waals surface area contributed by atoms with Crippen molar-refractivity contribution in [2.24, 2.45) is 11.8 Å². The molecular weight excluding hydrogens is 481 g/mol. The third-order valence-electron chi connectivity index (χ3n) is 7.03. The Hall–Kier alpha value is -2.94. The summed E-state index contributed by atoms with van der Waals surface area (Å²) in [4.78, 5) is 53.3. The Morgan fingerprint density at radius 3 is 2.59 bits per heavy atom. The van der Waals surface area contributed by atoms with Gasteiger partial charge in [-0.05, 0) is 42.7 Å². The van der Waals surface area contributed by atoms with Crippen molar-refractivity contribution in [1.82, 2.24) is 10.2 Å². The largest absolute Gasteiger partial charge is 0.481 e. The maximum Gasteiger partial charge on any atom is 0.303 e. The predicted molar refractivity (Wildman–Crippen MR) is 124 cm³/mol. The van der Waals surface area contributed by atoms with E-state index in [2.05, 4.69) is 10.6 Å². The van der Waals surface area contributed by atoms with E-state index in [0.29, 0.717) is 26.9 Å². The second-order valence-electron chi connectivity index (χ2n) is 8.95. The number of carboxylic acid groups (broad SMARTS) is 1. The average Bonchev–Trinajstić information content (AvgIpc) is 3.35. The van der Waals surface area contributed by atoms with Gasteiger partial charge < -0.3 is 10.4 Å². The van der Waals surface area contributed by atoms with Crippen LogP contribution in [0, 0.1) is 18.8 Å². The lowest BCUT2D eigenvalue weighted by Crippen LogP contribution is -2.53. The van der Waals surface area contributed by atoms with E-state index in [1.165, 1.54) is 0 Å². The monoisotopic (exact) mass is 501 g/mol. The summed E-state index contributed by atoms with van der Waals surface area (Å²) in [6.45, 7) is 1.76. The van der Waals surface area contributed by atoms with Crippen molar-refractivity contribution < 1.29 is 24.3 Å². The first-order valence-corrected chi connectivity index (χ1v) is 11.6. The summed E-state index contributed by atoms with van der Waals surface area (Å²) in [6, 6.07) is 9.56. The molecule has 176 valence electrons. The minimum atomic E-state index is -1.53. The highest BCUT2D eigenvalue weighted by Gasteiger charge is 2.70. The summed E-state index contributed by atoms with van der Waals surface area (Å²) >= 11 is 12.6. The first kappa shape index (κ1) is 22.8. The molecule has 5 rings (SSSR count). The molecule has 3 aliphatic rings. The van der Waals surface area contributed by atoms with Gasteiger partial charge in [0.15, 0.2) is 0 Å². The molecule has 4 atom stereocenters. The number of amides is 3. The minimum absolute atomic E-state index is 0.0326. The smallest absolute Gasteiger partial charge is 0.303 e. The van der Waals surface area contributed by atoms with E-state index in [1.807, 2.05) is 0 Å². The van der Waals surface area contributed by atoms with Crippen LogP contribution in [0.15, 0.2) is 36.4 Å². The van der Waals surface area contributed by atoms with Crippen molar-refractivity contribution in [3.63, 3.8) is 0 Å². The maximum absolute atomic E-state index is 13.8. The minimum Gasteiger partial charge on any atom is -0.481 e. The molecule has 1 spiro atoms. The molecule has 4 unspecified atom stereocenters. The van der Waals surface area contributed by atoms with Crippen LogP contribution in [0.2, 0.25) is 10.0 Å². The number of carbonyl (C=O) groups excluding carboxylic acids is 3. The zero-order valence-corrected chi connectivity index (χ0v) is 19.6. The molecule has 2 saturated heterocycles. The fourth-order valence-electron chi connectivity index (χ4n) is 5.57. The van der Waals surface area contributed by atoms with Crippen LogP contribution in [0.5, 0.6) is 0 Å². The Labute approximate surface area is 205 Å². The molecule has 10 heteroatoms. The highest BCUT2D eigenvalue weighted by molar-refractivity contribution is 6.31. The number of likely N-dealkylation sites (tertiary alicyclic amines) is 1. The normalized spacial score (nSPS) is 27.3. The van der Waals surface area contributed by atoms with E-state index >= 15 is 0 Å². The van der Waals surface area contributed by atoms with Gasteiger partial charge in [-0.25, -0.2) is 0 Å². The molecule has 2 aromatic rings. The number of hydrogen-bond donors (Lipinski definition) is 3. The second-order valence-corrected chi connectivity index (χ2v) is 9.79. The molecule has 3 aliphatic heterocycles. The Bertz CT molecular complexity index is 1270. The van der Waals surface area contributed by atoms with Crippen LogP contribution in [0.25, 0.3) is 0 Å². The van der Waals surface area contributed by atoms with Crippen molar-refractivity contribution >= 4 is 52.6 Å². The van der Waals surface area contributed by atoms with Crippen LogP contribution < -0.4 is 10.6 Å². The Kier molecular flexibility index (Phi) is 5.42. The number of hydrogen-bond acceptors (Lipinski definition) is 5. The fraction of sp³-hybridized carbons (Fsp3) is 0.333. The molecule has 0 bridgehead atoms. The maximum atomic E-state index is 13.8. The predicted octanol–water partition coefficient (Wildman–Crippen LogP) is 3.09. The van der Waals surface area contributed by atoms with Gasteiger partial charge in [0.25, 0.3) is 0 Å². The average molecular weight is 502 g/mol. The van der Waals surface area contributed by atoms with Crippen molar-refractivity contribution in [2.75, 3.05) is 5.32 Å². The molecule has 0 radical (unpaired) electrons. The number of imide groups is 1. The van der Waals surface area contributed by atoms with E-state index in [0.717, 1.165) is 10.5 Å². The van der Waals surface area contributed by atoms with E-state index in [-0.39, 0.29) is 19.4 Å². The van der Waals surface area contributed by atoms with Crippen LogP contribution in [0.1, 0.15) is 29.5 Å². The fourth-order valence-corrected chi connectivity index (χ4v) is 6.04. The summed E-state index contributed by atoms with van der Waals surface area (Å²) in [5, 5.41) is 16.1. The molecule has 0 aliphatic carbocycles. The van der Waals surface area contributed by atoms with Crippen LogP contribution in [-0.2, 0) is 31.3 Å². The number of halogens is 2. The molecule has 3 amide bonds. The number of nitrogens with one attached hydrogen (secondary N) is 2. The SMILES string of the molecule is Cc1cc(Cl)cc2c1NC(=O)C21NC(CCC(=O)O)C2C(=O)N(Cc3ccccc3Cl)C(=O)C21. The van der Waals surface area contributed by atoms with Crippen LogP contribution >= 0.6 is 23.2 Å². The van der Waals surface area contributed by atoms with Crippen LogP contribution in [0.4, 0.5) is 5.69 Å². The van der Waals surface area contributed by atoms with Crippen molar-refractivity contribution in [3.05, 3.63) is 63.1 Å². The van der Waals surface area contributed by atoms with Gasteiger partial charge in [-0.2, -0.15) is 0 Å². The van der Waals surface area contributed by atoms with Crippen molar-refractivity contribution in [1.29, 1.82) is 0 Å². The highest BCUT2D eigenvalue weighted by Crippen LogP contribution is 2.54. The van der Waals surface area contributed by atoms with Crippen molar-refractivity contribution in [2.45, 2.75) is 37.9 Å². The standard InChI is InChI=1S/C24H21Cl2N3O5/c1-11-8-13(25)9-14-20(11)27-23(34)24(14)19-18(16(28-24)6-7-17(30)31)21(32)29(22(19)33)10-12-4-2-3-5-15(12)26/h2-5,8-9,16,18-19,28H,6-7,10H2,1H3,(H,27,34)(H,30,31). The summed E-state index contributed by atoms with van der Waals surface area (Å²) in [7, 11) is 0. The lowest BCUT2D eigenvalue weighted by Gasteiger charge is -2.29. The van der Waals surface area contributed by atoms with Gasteiger partial charge in [-0.3, -0.25) is 29.4 Å². The number of nitrogens with zero attached hydrogens (tertiary/aromatic N) is 1. The summed E-state index contributed by atoms with van der Waals surface area (Å²) < 4.78 is 0. The Balaban J connectivity index is 1.62. The first-order chi connectivity index (χ1) is 16.1. The van der Waals surface area contributed by atoms with Gasteiger partial charge in [0.05, 0.1) is 18.4 Å². The van der Waals surface area contributed by atoms with E-state index in [9.17, 15) is 24.3 Å². The molecule has 0 aromatic heterocycles. The zero-order chi connectivity index (χ0) is 24.4. The van der Waals surface area contributed by atoms with Gasteiger partial charge >= 0.3 is 5.97 Å². The van der Waals surface area contributed by atoms with E-state index in [1.54, 1.807) is 43.3 Å².